The molecule has 0 radical (unpaired) electrons. The van der Waals surface area contributed by atoms with Gasteiger partial charge in [-0.05, 0) is 6.92 Å². The number of aliphatic carboxylic acids is 1. The Hall–Kier alpha value is -1.56. The maximum absolute atomic E-state index is 11.6. The molecule has 1 aromatic heterocycles. The van der Waals surface area contributed by atoms with Crippen LogP contribution >= 0.6 is 11.6 Å². The molecule has 2 heterocycles. The first-order valence-corrected chi connectivity index (χ1v) is 5.03. The lowest BCUT2D eigenvalue weighted by Crippen LogP contribution is -2.25. The Kier molecular flexibility index (Phi) is 2.59. The number of hydrogen-bond donors (Lipinski definition) is 1. The lowest BCUT2D eigenvalue weighted by atomic mass is 10.1. The van der Waals surface area contributed by atoms with Crippen LogP contribution in [-0.4, -0.2) is 28.7 Å². The summed E-state index contributed by atoms with van der Waals surface area (Å²) < 4.78 is 4.91. The van der Waals surface area contributed by atoms with E-state index in [1.165, 1.54) is 4.90 Å². The highest BCUT2D eigenvalue weighted by molar-refractivity contribution is 6.34. The quantitative estimate of drug-likeness (QED) is 0.841. The van der Waals surface area contributed by atoms with Crippen molar-refractivity contribution in [2.45, 2.75) is 13.3 Å². The van der Waals surface area contributed by atoms with Crippen LogP contribution < -0.4 is 4.90 Å². The van der Waals surface area contributed by atoms with Crippen LogP contribution in [0.1, 0.15) is 12.1 Å². The van der Waals surface area contributed by atoms with Gasteiger partial charge in [0, 0.05) is 13.0 Å². The molecule has 1 amide bonds. The molecule has 0 bridgehead atoms. The zero-order valence-corrected chi connectivity index (χ0v) is 9.19. The van der Waals surface area contributed by atoms with E-state index in [-0.39, 0.29) is 29.8 Å². The first kappa shape index (κ1) is 10.9. The molecule has 1 unspecified atom stereocenters. The molecule has 1 fully saturated rings. The third kappa shape index (κ3) is 1.65. The molecular formula is C9H9ClN2O4. The highest BCUT2D eigenvalue weighted by atomic mass is 35.5. The summed E-state index contributed by atoms with van der Waals surface area (Å²) in [7, 11) is 0. The minimum absolute atomic E-state index is 0.0363. The summed E-state index contributed by atoms with van der Waals surface area (Å²) in [6, 6.07) is 0. The summed E-state index contributed by atoms with van der Waals surface area (Å²) in [6.45, 7) is 1.72. The van der Waals surface area contributed by atoms with Crippen molar-refractivity contribution in [2.24, 2.45) is 5.92 Å². The molecule has 0 aromatic carbocycles. The lowest BCUT2D eigenvalue weighted by Gasteiger charge is -2.11. The number of halogens is 1. The normalized spacial score (nSPS) is 20.5. The Morgan fingerprint density at radius 1 is 1.69 bits per heavy atom. The van der Waals surface area contributed by atoms with Crippen molar-refractivity contribution in [3.05, 3.63) is 10.7 Å². The number of nitrogens with zero attached hydrogens (tertiary/aromatic N) is 2. The monoisotopic (exact) mass is 244 g/mol. The molecule has 0 saturated carbocycles. The van der Waals surface area contributed by atoms with Crippen LogP contribution in [0.15, 0.2) is 4.52 Å². The van der Waals surface area contributed by atoms with Crippen LogP contribution in [-0.2, 0) is 9.59 Å². The first-order valence-electron chi connectivity index (χ1n) is 4.65. The van der Waals surface area contributed by atoms with Crippen LogP contribution in [0.2, 0.25) is 5.02 Å². The Morgan fingerprint density at radius 2 is 2.38 bits per heavy atom. The lowest BCUT2D eigenvalue weighted by molar-refractivity contribution is -0.141. The zero-order chi connectivity index (χ0) is 11.9. The van der Waals surface area contributed by atoms with E-state index >= 15 is 0 Å². The number of carbonyl (C=O) groups is 2. The SMILES string of the molecule is Cc1noc(N2CC(C(=O)O)CC2=O)c1Cl. The minimum Gasteiger partial charge on any atom is -0.481 e. The van der Waals surface area contributed by atoms with Crippen LogP contribution in [0.3, 0.4) is 0 Å². The van der Waals surface area contributed by atoms with E-state index in [2.05, 4.69) is 5.16 Å². The summed E-state index contributed by atoms with van der Waals surface area (Å²) in [5.74, 6) is -1.89. The number of anilines is 1. The highest BCUT2D eigenvalue weighted by Gasteiger charge is 2.38. The van der Waals surface area contributed by atoms with Gasteiger partial charge in [0.2, 0.25) is 5.91 Å². The molecule has 7 heteroatoms. The van der Waals surface area contributed by atoms with E-state index in [9.17, 15) is 9.59 Å². The molecule has 1 aromatic rings. The van der Waals surface area contributed by atoms with Crippen molar-refractivity contribution < 1.29 is 19.2 Å². The van der Waals surface area contributed by atoms with Crippen molar-refractivity contribution in [3.63, 3.8) is 0 Å². The summed E-state index contributed by atoms with van der Waals surface area (Å²) >= 11 is 5.88. The molecule has 1 aliphatic rings. The van der Waals surface area contributed by atoms with E-state index in [0.717, 1.165) is 0 Å². The average Bonchev–Trinajstić information content (AvgIpc) is 2.73. The molecule has 1 atom stereocenters. The van der Waals surface area contributed by atoms with Crippen LogP contribution in [0.5, 0.6) is 0 Å². The van der Waals surface area contributed by atoms with Gasteiger partial charge in [-0.15, -0.1) is 0 Å². The fourth-order valence-corrected chi connectivity index (χ4v) is 1.75. The first-order chi connectivity index (χ1) is 7.50. The van der Waals surface area contributed by atoms with Gasteiger partial charge in [0.1, 0.15) is 10.7 Å². The number of aromatic nitrogens is 1. The van der Waals surface area contributed by atoms with Gasteiger partial charge >= 0.3 is 5.97 Å². The van der Waals surface area contributed by atoms with E-state index in [1.54, 1.807) is 6.92 Å². The number of carboxylic acids is 1. The summed E-state index contributed by atoms with van der Waals surface area (Å²) in [6.07, 6.45) is -0.0363. The summed E-state index contributed by atoms with van der Waals surface area (Å²) in [4.78, 5) is 23.5. The number of aryl methyl sites for hydroxylation is 1. The molecule has 0 spiro atoms. The predicted octanol–water partition coefficient (Wildman–Crippen LogP) is 1.07. The Labute approximate surface area is 95.8 Å². The van der Waals surface area contributed by atoms with E-state index in [1.807, 2.05) is 0 Å². The summed E-state index contributed by atoms with van der Waals surface area (Å²) in [5.41, 5.74) is 0.475. The van der Waals surface area contributed by atoms with Gasteiger partial charge in [0.15, 0.2) is 0 Å². The second kappa shape index (κ2) is 3.79. The van der Waals surface area contributed by atoms with Crippen molar-refractivity contribution in [2.75, 3.05) is 11.4 Å². The maximum atomic E-state index is 11.6. The third-order valence-electron chi connectivity index (χ3n) is 2.49. The highest BCUT2D eigenvalue weighted by Crippen LogP contribution is 2.33. The molecule has 2 rings (SSSR count). The van der Waals surface area contributed by atoms with Crippen LogP contribution in [0.25, 0.3) is 0 Å². The average molecular weight is 245 g/mol. The van der Waals surface area contributed by atoms with Gasteiger partial charge in [-0.3, -0.25) is 14.5 Å². The fraction of sp³-hybridized carbons (Fsp3) is 0.444. The fourth-order valence-electron chi connectivity index (χ4n) is 1.58. The zero-order valence-electron chi connectivity index (χ0n) is 8.44. The van der Waals surface area contributed by atoms with Crippen molar-refractivity contribution in [1.29, 1.82) is 0 Å². The smallest absolute Gasteiger partial charge is 0.308 e. The Morgan fingerprint density at radius 3 is 2.81 bits per heavy atom. The summed E-state index contributed by atoms with van der Waals surface area (Å²) in [5, 5.41) is 12.7. The number of hydrogen-bond acceptors (Lipinski definition) is 4. The molecule has 16 heavy (non-hydrogen) atoms. The molecule has 1 aliphatic heterocycles. The van der Waals surface area contributed by atoms with Gasteiger partial charge in [-0.1, -0.05) is 16.8 Å². The van der Waals surface area contributed by atoms with Gasteiger partial charge in [-0.2, -0.15) is 0 Å². The Balaban J connectivity index is 2.26. The largest absolute Gasteiger partial charge is 0.481 e. The van der Waals surface area contributed by atoms with Gasteiger partial charge in [0.25, 0.3) is 5.88 Å². The molecule has 6 nitrogen and oxygen atoms in total. The number of amides is 1. The third-order valence-corrected chi connectivity index (χ3v) is 2.93. The van der Waals surface area contributed by atoms with Crippen LogP contribution in [0.4, 0.5) is 5.88 Å². The second-order valence-electron chi connectivity index (χ2n) is 3.63. The van der Waals surface area contributed by atoms with Gasteiger partial charge in [0.05, 0.1) is 5.92 Å². The second-order valence-corrected chi connectivity index (χ2v) is 4.01. The predicted molar refractivity (Wildman–Crippen MR) is 54.3 cm³/mol. The van der Waals surface area contributed by atoms with E-state index < -0.39 is 11.9 Å². The molecule has 1 saturated heterocycles. The molecule has 86 valence electrons. The van der Waals surface area contributed by atoms with Crippen molar-refractivity contribution in [1.82, 2.24) is 5.16 Å². The molecular weight excluding hydrogens is 236 g/mol. The maximum Gasteiger partial charge on any atom is 0.308 e. The number of rotatable bonds is 2. The standard InChI is InChI=1S/C9H9ClN2O4/c1-4-7(10)8(16-11-4)12-3-5(9(14)15)2-6(12)13/h5H,2-3H2,1H3,(H,14,15). The van der Waals surface area contributed by atoms with Crippen molar-refractivity contribution in [3.8, 4) is 0 Å². The molecule has 1 N–H and O–H groups in total. The van der Waals surface area contributed by atoms with Gasteiger partial charge in [-0.25, -0.2) is 0 Å². The topological polar surface area (TPSA) is 83.6 Å². The minimum atomic E-state index is -0.997. The van der Waals surface area contributed by atoms with Gasteiger partial charge < -0.3 is 9.63 Å². The van der Waals surface area contributed by atoms with Crippen molar-refractivity contribution >= 4 is 29.4 Å². The number of carboxylic acid groups (broad SMARTS) is 1. The molecule has 0 aliphatic carbocycles. The van der Waals surface area contributed by atoms with Crippen LogP contribution in [0, 0.1) is 12.8 Å². The van der Waals surface area contributed by atoms with E-state index in [0.29, 0.717) is 5.69 Å². The van der Waals surface area contributed by atoms with E-state index in [4.69, 9.17) is 21.2 Å². The number of carbonyl (C=O) groups excluding carboxylic acids is 1. The Bertz CT molecular complexity index is 456.